The molecule has 0 aliphatic rings. The summed E-state index contributed by atoms with van der Waals surface area (Å²) in [4.78, 5) is 11.2. The van der Waals surface area contributed by atoms with Gasteiger partial charge in [-0.15, -0.1) is 0 Å². The molecule has 1 amide bonds. The van der Waals surface area contributed by atoms with Crippen LogP contribution in [0.4, 0.5) is 0 Å². The van der Waals surface area contributed by atoms with Crippen molar-refractivity contribution in [3.63, 3.8) is 0 Å². The van der Waals surface area contributed by atoms with Crippen molar-refractivity contribution in [2.75, 3.05) is 0 Å². The zero-order chi connectivity index (χ0) is 12.3. The molecule has 0 aromatic heterocycles. The van der Waals surface area contributed by atoms with Crippen molar-refractivity contribution in [2.45, 2.75) is 64.8 Å². The molecule has 0 unspecified atom stereocenters. The SMILES string of the molecule is CCC[C@H](O[Si](C)(C)C(C)(C)C)C(N)=O. The van der Waals surface area contributed by atoms with E-state index in [1.807, 2.05) is 6.92 Å². The second kappa shape index (κ2) is 5.12. The van der Waals surface area contributed by atoms with Gasteiger partial charge in [-0.1, -0.05) is 34.1 Å². The van der Waals surface area contributed by atoms with E-state index in [2.05, 4.69) is 33.9 Å². The number of primary amides is 1. The van der Waals surface area contributed by atoms with Crippen molar-refractivity contribution >= 4 is 14.2 Å². The summed E-state index contributed by atoms with van der Waals surface area (Å²) in [5, 5.41) is 0.119. The Hall–Kier alpha value is -0.353. The van der Waals surface area contributed by atoms with E-state index in [1.165, 1.54) is 0 Å². The molecule has 0 saturated carbocycles. The van der Waals surface area contributed by atoms with Crippen molar-refractivity contribution < 1.29 is 9.22 Å². The van der Waals surface area contributed by atoms with E-state index in [-0.39, 0.29) is 10.9 Å². The molecule has 0 aromatic rings. The number of amides is 1. The third kappa shape index (κ3) is 4.34. The first kappa shape index (κ1) is 14.6. The lowest BCUT2D eigenvalue weighted by atomic mass is 10.2. The van der Waals surface area contributed by atoms with Gasteiger partial charge in [-0.2, -0.15) is 0 Å². The van der Waals surface area contributed by atoms with Crippen LogP contribution in [0.2, 0.25) is 18.1 Å². The Labute approximate surface area is 94.5 Å². The quantitative estimate of drug-likeness (QED) is 0.740. The largest absolute Gasteiger partial charge is 0.405 e. The third-order valence-corrected chi connectivity index (χ3v) is 7.60. The number of rotatable bonds is 5. The Morgan fingerprint density at radius 1 is 1.40 bits per heavy atom. The van der Waals surface area contributed by atoms with E-state index in [9.17, 15) is 4.79 Å². The van der Waals surface area contributed by atoms with Crippen LogP contribution >= 0.6 is 0 Å². The molecule has 3 nitrogen and oxygen atoms in total. The number of hydrogen-bond acceptors (Lipinski definition) is 2. The summed E-state index contributed by atoms with van der Waals surface area (Å²) in [6.07, 6.45) is 1.24. The number of nitrogens with two attached hydrogens (primary N) is 1. The van der Waals surface area contributed by atoms with Crippen LogP contribution in [0.3, 0.4) is 0 Å². The minimum Gasteiger partial charge on any atom is -0.405 e. The minimum absolute atomic E-state index is 0.119. The summed E-state index contributed by atoms with van der Waals surface area (Å²) < 4.78 is 5.97. The molecule has 0 saturated heterocycles. The first-order valence-electron chi connectivity index (χ1n) is 5.59. The van der Waals surface area contributed by atoms with Crippen LogP contribution in [0, 0.1) is 0 Å². The van der Waals surface area contributed by atoms with Crippen molar-refractivity contribution in [1.82, 2.24) is 0 Å². The molecule has 0 heterocycles. The maximum Gasteiger partial charge on any atom is 0.245 e. The maximum absolute atomic E-state index is 11.2. The van der Waals surface area contributed by atoms with Gasteiger partial charge < -0.3 is 10.2 Å². The minimum atomic E-state index is -1.87. The van der Waals surface area contributed by atoms with Gasteiger partial charge in [0.25, 0.3) is 0 Å². The monoisotopic (exact) mass is 231 g/mol. The normalized spacial score (nSPS) is 15.1. The standard InChI is InChI=1S/C11H25NO2Si/c1-7-8-9(10(12)13)14-15(5,6)11(2,3)4/h9H,7-8H2,1-6H3,(H2,12,13)/t9-/m0/s1. The van der Waals surface area contributed by atoms with E-state index in [0.29, 0.717) is 0 Å². The number of hydrogen-bond donors (Lipinski definition) is 1. The molecule has 1 atom stereocenters. The molecule has 0 aliphatic carbocycles. The fourth-order valence-electron chi connectivity index (χ4n) is 1.05. The van der Waals surface area contributed by atoms with E-state index < -0.39 is 14.4 Å². The van der Waals surface area contributed by atoms with Gasteiger partial charge in [-0.25, -0.2) is 0 Å². The Morgan fingerprint density at radius 3 is 2.13 bits per heavy atom. The molecular formula is C11H25NO2Si. The van der Waals surface area contributed by atoms with Crippen molar-refractivity contribution in [3.05, 3.63) is 0 Å². The number of carbonyl (C=O) groups excluding carboxylic acids is 1. The first-order chi connectivity index (χ1) is 6.62. The average Bonchev–Trinajstić information content (AvgIpc) is 2.00. The lowest BCUT2D eigenvalue weighted by Gasteiger charge is -2.38. The van der Waals surface area contributed by atoms with Gasteiger partial charge in [0.05, 0.1) is 0 Å². The predicted molar refractivity (Wildman–Crippen MR) is 66.2 cm³/mol. The maximum atomic E-state index is 11.2. The summed E-state index contributed by atoms with van der Waals surface area (Å²) in [6, 6.07) is 0. The molecule has 0 spiro atoms. The highest BCUT2D eigenvalue weighted by Gasteiger charge is 2.39. The topological polar surface area (TPSA) is 52.3 Å². The summed E-state index contributed by atoms with van der Waals surface area (Å²) in [6.45, 7) is 12.8. The van der Waals surface area contributed by atoms with Crippen LogP contribution in [0.15, 0.2) is 0 Å². The van der Waals surface area contributed by atoms with Gasteiger partial charge in [0.2, 0.25) is 5.91 Å². The third-order valence-electron chi connectivity index (χ3n) is 3.11. The fourth-order valence-corrected chi connectivity index (χ4v) is 2.35. The molecule has 0 fully saturated rings. The van der Waals surface area contributed by atoms with E-state index >= 15 is 0 Å². The first-order valence-corrected chi connectivity index (χ1v) is 8.49. The van der Waals surface area contributed by atoms with Crippen LogP contribution < -0.4 is 5.73 Å². The Bertz CT molecular complexity index is 221. The summed E-state index contributed by atoms with van der Waals surface area (Å²) in [5.41, 5.74) is 5.33. The van der Waals surface area contributed by atoms with Gasteiger partial charge in [0, 0.05) is 0 Å². The van der Waals surface area contributed by atoms with Gasteiger partial charge in [-0.3, -0.25) is 4.79 Å². The average molecular weight is 231 g/mol. The lowest BCUT2D eigenvalue weighted by Crippen LogP contribution is -2.47. The van der Waals surface area contributed by atoms with Crippen LogP contribution in [-0.2, 0) is 9.22 Å². The summed E-state index contributed by atoms with van der Waals surface area (Å²) >= 11 is 0. The molecule has 15 heavy (non-hydrogen) atoms. The predicted octanol–water partition coefficient (Wildman–Crippen LogP) is 2.66. The molecule has 4 heteroatoms. The zero-order valence-electron chi connectivity index (χ0n) is 10.9. The van der Waals surface area contributed by atoms with Gasteiger partial charge in [-0.05, 0) is 24.6 Å². The van der Waals surface area contributed by atoms with Crippen molar-refractivity contribution in [2.24, 2.45) is 5.73 Å². The molecule has 0 bridgehead atoms. The van der Waals surface area contributed by atoms with Crippen LogP contribution in [0.5, 0.6) is 0 Å². The van der Waals surface area contributed by atoms with Crippen LogP contribution in [0.1, 0.15) is 40.5 Å². The molecular weight excluding hydrogens is 206 g/mol. The van der Waals surface area contributed by atoms with Gasteiger partial charge in [0.1, 0.15) is 6.10 Å². The summed E-state index contributed by atoms with van der Waals surface area (Å²) in [7, 11) is -1.87. The number of carbonyl (C=O) groups is 1. The summed E-state index contributed by atoms with van der Waals surface area (Å²) in [5.74, 6) is -0.332. The van der Waals surface area contributed by atoms with Crippen LogP contribution in [-0.4, -0.2) is 20.3 Å². The highest BCUT2D eigenvalue weighted by Crippen LogP contribution is 2.37. The Kier molecular flexibility index (Phi) is 5.00. The van der Waals surface area contributed by atoms with Crippen LogP contribution in [0.25, 0.3) is 0 Å². The highest BCUT2D eigenvalue weighted by molar-refractivity contribution is 6.74. The molecule has 0 aromatic carbocycles. The Balaban J connectivity index is 4.59. The second-order valence-electron chi connectivity index (χ2n) is 5.56. The van der Waals surface area contributed by atoms with Gasteiger partial charge in [0.15, 0.2) is 8.32 Å². The Morgan fingerprint density at radius 2 is 1.87 bits per heavy atom. The fraction of sp³-hybridized carbons (Fsp3) is 0.909. The molecule has 0 rings (SSSR count). The molecule has 2 N–H and O–H groups in total. The van der Waals surface area contributed by atoms with Crippen molar-refractivity contribution in [1.29, 1.82) is 0 Å². The smallest absolute Gasteiger partial charge is 0.245 e. The second-order valence-corrected chi connectivity index (χ2v) is 10.3. The van der Waals surface area contributed by atoms with E-state index in [1.54, 1.807) is 0 Å². The molecule has 0 aliphatic heterocycles. The highest BCUT2D eigenvalue weighted by atomic mass is 28.4. The van der Waals surface area contributed by atoms with Gasteiger partial charge >= 0.3 is 0 Å². The van der Waals surface area contributed by atoms with Crippen molar-refractivity contribution in [3.8, 4) is 0 Å². The van der Waals surface area contributed by atoms with E-state index in [4.69, 9.17) is 10.2 Å². The molecule has 90 valence electrons. The molecule has 0 radical (unpaired) electrons. The lowest BCUT2D eigenvalue weighted by molar-refractivity contribution is -0.125. The van der Waals surface area contributed by atoms with E-state index in [0.717, 1.165) is 12.8 Å². The zero-order valence-corrected chi connectivity index (χ0v) is 11.9.